The summed E-state index contributed by atoms with van der Waals surface area (Å²) < 4.78 is 33.7. The van der Waals surface area contributed by atoms with Crippen molar-refractivity contribution < 1.29 is 38.0 Å². The van der Waals surface area contributed by atoms with E-state index in [-0.39, 0.29) is 19.7 Å². The quantitative estimate of drug-likeness (QED) is 0.530. The molecule has 3 fully saturated rings. The second-order valence-corrected chi connectivity index (χ2v) is 8.04. The molecule has 29 heavy (non-hydrogen) atoms. The van der Waals surface area contributed by atoms with Crippen LogP contribution in [0.25, 0.3) is 0 Å². The number of rotatable bonds is 6. The lowest BCUT2D eigenvalue weighted by Crippen LogP contribution is -2.63. The Morgan fingerprint density at radius 2 is 1.83 bits per heavy atom. The highest BCUT2D eigenvalue weighted by atomic mass is 16.8. The van der Waals surface area contributed by atoms with Gasteiger partial charge in [-0.15, -0.1) is 0 Å². The number of ether oxygens (including phenoxy) is 6. The zero-order valence-corrected chi connectivity index (χ0v) is 17.1. The monoisotopic (exact) mass is 413 g/mol. The van der Waals surface area contributed by atoms with Crippen LogP contribution in [0.15, 0.2) is 0 Å². The van der Waals surface area contributed by atoms with Crippen molar-refractivity contribution in [3.63, 3.8) is 0 Å². The number of carbonyl (C=O) groups is 2. The molecule has 3 rings (SSSR count). The number of fused-ring (bicyclic) bond motifs is 1. The molecular weight excluding hydrogens is 386 g/mol. The van der Waals surface area contributed by atoms with E-state index in [2.05, 4.69) is 21.4 Å². The number of nitrogens with one attached hydrogen (secondary N) is 2. The minimum absolute atomic E-state index is 0.208. The SMILES string of the molecule is COC(=O)CNC(=O)CN[C@]1(C#N)[C@@H]([C@H]2COC(C)(C)O2)O[C@@H]2OC(C)(C)O[C@@H]21. The van der Waals surface area contributed by atoms with Crippen LogP contribution in [0.1, 0.15) is 27.7 Å². The van der Waals surface area contributed by atoms with Gasteiger partial charge in [-0.05, 0) is 27.7 Å². The molecule has 0 spiro atoms. The zero-order valence-electron chi connectivity index (χ0n) is 17.1. The molecule has 3 heterocycles. The molecule has 0 saturated carbocycles. The summed E-state index contributed by atoms with van der Waals surface area (Å²) in [6, 6.07) is 2.22. The maximum absolute atomic E-state index is 12.2. The highest BCUT2D eigenvalue weighted by Gasteiger charge is 2.67. The second kappa shape index (κ2) is 7.79. The molecule has 11 heteroatoms. The molecule has 0 aliphatic carbocycles. The van der Waals surface area contributed by atoms with Crippen molar-refractivity contribution in [2.75, 3.05) is 26.8 Å². The van der Waals surface area contributed by atoms with Gasteiger partial charge in [0.15, 0.2) is 23.4 Å². The summed E-state index contributed by atoms with van der Waals surface area (Å²) in [6.45, 7) is 6.64. The van der Waals surface area contributed by atoms with Crippen LogP contribution >= 0.6 is 0 Å². The predicted octanol–water partition coefficient (Wildman–Crippen LogP) is -0.845. The van der Waals surface area contributed by atoms with E-state index in [9.17, 15) is 14.9 Å². The van der Waals surface area contributed by atoms with Gasteiger partial charge in [-0.25, -0.2) is 0 Å². The molecule has 0 unspecified atom stereocenters. The normalized spacial score (nSPS) is 37.0. The first-order valence-electron chi connectivity index (χ1n) is 9.34. The van der Waals surface area contributed by atoms with Crippen LogP contribution in [0.4, 0.5) is 0 Å². The van der Waals surface area contributed by atoms with Gasteiger partial charge < -0.3 is 33.7 Å². The maximum Gasteiger partial charge on any atom is 0.325 e. The van der Waals surface area contributed by atoms with E-state index in [1.165, 1.54) is 7.11 Å². The van der Waals surface area contributed by atoms with E-state index in [1.54, 1.807) is 27.7 Å². The van der Waals surface area contributed by atoms with E-state index in [0.29, 0.717) is 0 Å². The molecular formula is C18H27N3O8. The van der Waals surface area contributed by atoms with Crippen molar-refractivity contribution in [1.82, 2.24) is 10.6 Å². The van der Waals surface area contributed by atoms with Crippen molar-refractivity contribution in [1.29, 1.82) is 5.26 Å². The average Bonchev–Trinajstić information content (AvgIpc) is 3.25. The summed E-state index contributed by atoms with van der Waals surface area (Å²) in [4.78, 5) is 23.4. The second-order valence-electron chi connectivity index (χ2n) is 8.04. The first kappa shape index (κ1) is 21.9. The van der Waals surface area contributed by atoms with Crippen molar-refractivity contribution in [3.05, 3.63) is 0 Å². The number of hydrogen-bond donors (Lipinski definition) is 2. The van der Waals surface area contributed by atoms with Crippen LogP contribution in [-0.4, -0.2) is 80.4 Å². The lowest BCUT2D eigenvalue weighted by Gasteiger charge is -2.35. The highest BCUT2D eigenvalue weighted by molar-refractivity contribution is 5.83. The Morgan fingerprint density at radius 1 is 1.10 bits per heavy atom. The van der Waals surface area contributed by atoms with Crippen LogP contribution in [0.3, 0.4) is 0 Å². The Morgan fingerprint density at radius 3 is 2.41 bits per heavy atom. The third-order valence-electron chi connectivity index (χ3n) is 4.99. The summed E-state index contributed by atoms with van der Waals surface area (Å²) in [5.41, 5.74) is -1.44. The van der Waals surface area contributed by atoms with E-state index >= 15 is 0 Å². The van der Waals surface area contributed by atoms with E-state index in [1.807, 2.05) is 0 Å². The van der Waals surface area contributed by atoms with Gasteiger partial charge in [-0.2, -0.15) is 5.26 Å². The molecule has 0 aromatic carbocycles. The maximum atomic E-state index is 12.2. The van der Waals surface area contributed by atoms with Crippen LogP contribution in [0.2, 0.25) is 0 Å². The fraction of sp³-hybridized carbons (Fsp3) is 0.833. The van der Waals surface area contributed by atoms with E-state index in [4.69, 9.17) is 23.7 Å². The topological polar surface area (TPSA) is 137 Å². The Labute approximate surface area is 168 Å². The standard InChI is InChI=1S/C18H27N3O8/c1-16(2)25-8-10(27-16)13-18(9-19,14-15(26-13)29-17(3,4)28-14)21-6-11(22)20-7-12(23)24-5/h10,13-15,21H,6-8H2,1-5H3,(H,20,22)/t10-,13-,14+,15-,18-/m1/s1. The number of nitrogens with zero attached hydrogens (tertiary/aromatic N) is 1. The number of hydrogen-bond acceptors (Lipinski definition) is 10. The number of methoxy groups -OCH3 is 1. The molecule has 2 N–H and O–H groups in total. The third-order valence-corrected chi connectivity index (χ3v) is 4.99. The minimum atomic E-state index is -1.44. The van der Waals surface area contributed by atoms with Gasteiger partial charge >= 0.3 is 5.97 Å². The van der Waals surface area contributed by atoms with Gasteiger partial charge in [0.2, 0.25) is 5.91 Å². The predicted molar refractivity (Wildman–Crippen MR) is 95.0 cm³/mol. The molecule has 1 amide bonds. The van der Waals surface area contributed by atoms with E-state index < -0.39 is 53.6 Å². The van der Waals surface area contributed by atoms with Crippen molar-refractivity contribution in [2.24, 2.45) is 0 Å². The van der Waals surface area contributed by atoms with Crippen molar-refractivity contribution >= 4 is 11.9 Å². The number of nitriles is 1. The summed E-state index contributed by atoms with van der Waals surface area (Å²) in [6.07, 6.45) is -2.99. The molecule has 162 valence electrons. The van der Waals surface area contributed by atoms with Crippen LogP contribution in [0, 0.1) is 11.3 Å². The molecule has 0 bridgehead atoms. The lowest BCUT2D eigenvalue weighted by molar-refractivity contribution is -0.227. The lowest BCUT2D eigenvalue weighted by atomic mass is 9.86. The summed E-state index contributed by atoms with van der Waals surface area (Å²) in [5, 5.41) is 15.5. The van der Waals surface area contributed by atoms with Gasteiger partial charge in [-0.3, -0.25) is 14.9 Å². The number of carbonyl (C=O) groups excluding carboxylic acids is 2. The zero-order chi connectivity index (χ0) is 21.4. The molecule has 0 aromatic rings. The summed E-state index contributed by atoms with van der Waals surface area (Å²) in [5.74, 6) is -2.85. The van der Waals surface area contributed by atoms with Gasteiger partial charge in [0.25, 0.3) is 0 Å². The first-order valence-corrected chi connectivity index (χ1v) is 9.34. The summed E-state index contributed by atoms with van der Waals surface area (Å²) in [7, 11) is 1.22. The van der Waals surface area contributed by atoms with Gasteiger partial charge in [0.05, 0.1) is 26.3 Å². The Hall–Kier alpha value is -1.81. The fourth-order valence-corrected chi connectivity index (χ4v) is 3.70. The minimum Gasteiger partial charge on any atom is -0.468 e. The van der Waals surface area contributed by atoms with E-state index in [0.717, 1.165) is 0 Å². The molecule has 3 saturated heterocycles. The smallest absolute Gasteiger partial charge is 0.325 e. The van der Waals surface area contributed by atoms with Crippen LogP contribution < -0.4 is 10.6 Å². The number of esters is 1. The fourth-order valence-electron chi connectivity index (χ4n) is 3.70. The number of amides is 1. The third kappa shape index (κ3) is 4.37. The van der Waals surface area contributed by atoms with Crippen LogP contribution in [-0.2, 0) is 38.0 Å². The molecule has 5 atom stereocenters. The van der Waals surface area contributed by atoms with Crippen molar-refractivity contribution in [2.45, 2.75) is 69.4 Å². The molecule has 3 aliphatic rings. The average molecular weight is 413 g/mol. The Kier molecular flexibility index (Phi) is 5.88. The highest BCUT2D eigenvalue weighted by Crippen LogP contribution is 2.45. The van der Waals surface area contributed by atoms with Gasteiger partial charge in [-0.1, -0.05) is 0 Å². The Bertz CT molecular complexity index is 706. The largest absolute Gasteiger partial charge is 0.468 e. The van der Waals surface area contributed by atoms with Crippen molar-refractivity contribution in [3.8, 4) is 6.07 Å². The molecule has 0 radical (unpaired) electrons. The Balaban J connectivity index is 1.77. The van der Waals surface area contributed by atoms with Gasteiger partial charge in [0.1, 0.15) is 24.9 Å². The molecule has 3 aliphatic heterocycles. The summed E-state index contributed by atoms with van der Waals surface area (Å²) >= 11 is 0. The first-order chi connectivity index (χ1) is 13.5. The van der Waals surface area contributed by atoms with Crippen LogP contribution in [0.5, 0.6) is 0 Å². The molecule has 11 nitrogen and oxygen atoms in total. The van der Waals surface area contributed by atoms with Gasteiger partial charge in [0, 0.05) is 0 Å². The molecule has 0 aromatic heterocycles.